The molecule has 1 aromatic carbocycles. The van der Waals surface area contributed by atoms with Crippen molar-refractivity contribution in [3.8, 4) is 5.75 Å². The first-order chi connectivity index (χ1) is 9.62. The van der Waals surface area contributed by atoms with Crippen molar-refractivity contribution in [1.82, 2.24) is 5.32 Å². The maximum atomic E-state index is 14.2. The molecule has 0 saturated heterocycles. The maximum absolute atomic E-state index is 14.2. The minimum absolute atomic E-state index is 0.228. The Morgan fingerprint density at radius 2 is 2.00 bits per heavy atom. The molecule has 0 aliphatic heterocycles. The molecule has 2 atom stereocenters. The third kappa shape index (κ3) is 5.10. The summed E-state index contributed by atoms with van der Waals surface area (Å²) in [7, 11) is 3.21. The Labute approximate surface area is 121 Å². The Balaban J connectivity index is 2.69. The van der Waals surface area contributed by atoms with Crippen LogP contribution in [-0.2, 0) is 11.2 Å². The van der Waals surface area contributed by atoms with Gasteiger partial charge in [0.2, 0.25) is 0 Å². The lowest BCUT2D eigenvalue weighted by Gasteiger charge is -2.20. The molecule has 4 heteroatoms. The fourth-order valence-electron chi connectivity index (χ4n) is 2.26. The summed E-state index contributed by atoms with van der Waals surface area (Å²) < 4.78 is 24.5. The molecular formula is C16H26FNO2. The lowest BCUT2D eigenvalue weighted by atomic mass is 9.99. The zero-order valence-corrected chi connectivity index (χ0v) is 12.9. The van der Waals surface area contributed by atoms with E-state index in [2.05, 4.69) is 19.2 Å². The van der Waals surface area contributed by atoms with Crippen LogP contribution in [0.3, 0.4) is 0 Å². The van der Waals surface area contributed by atoms with E-state index < -0.39 is 0 Å². The maximum Gasteiger partial charge on any atom is 0.168 e. The number of methoxy groups -OCH3 is 2. The first-order valence-electron chi connectivity index (χ1n) is 7.19. The molecule has 0 spiro atoms. The van der Waals surface area contributed by atoms with Gasteiger partial charge in [-0.2, -0.15) is 0 Å². The number of likely N-dealkylation sites (N-methyl/N-ethyl adjacent to an activating group) is 1. The Kier molecular flexibility index (Phi) is 7.55. The number of ether oxygens (including phenoxy) is 2. The fraction of sp³-hybridized carbons (Fsp3) is 0.625. The smallest absolute Gasteiger partial charge is 0.168 e. The van der Waals surface area contributed by atoms with Gasteiger partial charge in [-0.15, -0.1) is 0 Å². The zero-order valence-electron chi connectivity index (χ0n) is 12.9. The fourth-order valence-corrected chi connectivity index (χ4v) is 2.26. The molecule has 3 nitrogen and oxygen atoms in total. The molecule has 0 fully saturated rings. The van der Waals surface area contributed by atoms with E-state index in [-0.39, 0.29) is 18.0 Å². The molecule has 0 amide bonds. The van der Waals surface area contributed by atoms with E-state index in [1.807, 2.05) is 12.1 Å². The molecule has 0 heterocycles. The van der Waals surface area contributed by atoms with Crippen LogP contribution >= 0.6 is 0 Å². The monoisotopic (exact) mass is 283 g/mol. The lowest BCUT2D eigenvalue weighted by Crippen LogP contribution is -2.32. The summed E-state index contributed by atoms with van der Waals surface area (Å²) in [4.78, 5) is 0. The summed E-state index contributed by atoms with van der Waals surface area (Å²) in [6, 6.07) is 5.55. The third-order valence-corrected chi connectivity index (χ3v) is 3.55. The van der Waals surface area contributed by atoms with Gasteiger partial charge >= 0.3 is 0 Å². The molecule has 114 valence electrons. The standard InChI is InChI=1S/C16H26FNO2/c1-5-18-14(10-9-12(2)19-3)11-13-7-6-8-15(20-4)16(13)17/h6-8,12,14,18H,5,9-11H2,1-4H3. The second-order valence-electron chi connectivity index (χ2n) is 5.02. The predicted octanol–water partition coefficient (Wildman–Crippen LogP) is 3.17. The number of nitrogens with one attached hydrogen (secondary N) is 1. The molecular weight excluding hydrogens is 257 g/mol. The van der Waals surface area contributed by atoms with Crippen LogP contribution in [0.25, 0.3) is 0 Å². The van der Waals surface area contributed by atoms with E-state index in [0.717, 1.165) is 19.4 Å². The summed E-state index contributed by atoms with van der Waals surface area (Å²) in [6.45, 7) is 4.99. The molecule has 1 rings (SSSR count). The summed E-state index contributed by atoms with van der Waals surface area (Å²) in [6.07, 6.45) is 2.80. The van der Waals surface area contributed by atoms with Gasteiger partial charge in [0, 0.05) is 13.2 Å². The van der Waals surface area contributed by atoms with Crippen molar-refractivity contribution in [3.63, 3.8) is 0 Å². The third-order valence-electron chi connectivity index (χ3n) is 3.55. The van der Waals surface area contributed by atoms with Crippen molar-refractivity contribution in [2.45, 2.75) is 45.3 Å². The van der Waals surface area contributed by atoms with Crippen LogP contribution in [0.1, 0.15) is 32.3 Å². The van der Waals surface area contributed by atoms with Crippen LogP contribution < -0.4 is 10.1 Å². The number of hydrogen-bond acceptors (Lipinski definition) is 3. The van der Waals surface area contributed by atoms with Crippen LogP contribution in [0.2, 0.25) is 0 Å². The van der Waals surface area contributed by atoms with Crippen molar-refractivity contribution in [3.05, 3.63) is 29.6 Å². The van der Waals surface area contributed by atoms with Gasteiger partial charge in [0.25, 0.3) is 0 Å². The normalized spacial score (nSPS) is 14.1. The number of halogens is 1. The van der Waals surface area contributed by atoms with Crippen molar-refractivity contribution >= 4 is 0 Å². The van der Waals surface area contributed by atoms with E-state index >= 15 is 0 Å². The molecule has 0 saturated carbocycles. The van der Waals surface area contributed by atoms with Crippen molar-refractivity contribution in [2.75, 3.05) is 20.8 Å². The predicted molar refractivity (Wildman–Crippen MR) is 79.8 cm³/mol. The summed E-state index contributed by atoms with van der Waals surface area (Å²) in [5, 5.41) is 3.41. The molecule has 2 unspecified atom stereocenters. The van der Waals surface area contributed by atoms with Crippen LogP contribution in [-0.4, -0.2) is 32.9 Å². The highest BCUT2D eigenvalue weighted by atomic mass is 19.1. The van der Waals surface area contributed by atoms with Gasteiger partial charge in [0.1, 0.15) is 0 Å². The van der Waals surface area contributed by atoms with E-state index in [9.17, 15) is 4.39 Å². The van der Waals surface area contributed by atoms with E-state index in [4.69, 9.17) is 9.47 Å². The Morgan fingerprint density at radius 3 is 2.60 bits per heavy atom. The summed E-state index contributed by atoms with van der Waals surface area (Å²) in [5.41, 5.74) is 0.695. The SMILES string of the molecule is CCNC(CCC(C)OC)Cc1cccc(OC)c1F. The molecule has 0 bridgehead atoms. The molecule has 0 aliphatic carbocycles. The number of benzene rings is 1. The number of hydrogen-bond donors (Lipinski definition) is 1. The van der Waals surface area contributed by atoms with Crippen molar-refractivity contribution in [2.24, 2.45) is 0 Å². The first kappa shape index (κ1) is 16.9. The minimum Gasteiger partial charge on any atom is -0.494 e. The largest absolute Gasteiger partial charge is 0.494 e. The van der Waals surface area contributed by atoms with Gasteiger partial charge in [-0.05, 0) is 44.4 Å². The second-order valence-corrected chi connectivity index (χ2v) is 5.02. The van der Waals surface area contributed by atoms with Crippen LogP contribution in [0, 0.1) is 5.82 Å². The van der Waals surface area contributed by atoms with E-state index in [1.54, 1.807) is 13.2 Å². The Hall–Kier alpha value is -1.13. The highest BCUT2D eigenvalue weighted by molar-refractivity contribution is 5.31. The average Bonchev–Trinajstić information content (AvgIpc) is 2.46. The highest BCUT2D eigenvalue weighted by Crippen LogP contribution is 2.22. The van der Waals surface area contributed by atoms with Gasteiger partial charge in [-0.25, -0.2) is 4.39 Å². The molecule has 0 aliphatic rings. The van der Waals surface area contributed by atoms with Gasteiger partial charge in [-0.3, -0.25) is 0 Å². The second kappa shape index (κ2) is 8.93. The zero-order chi connectivity index (χ0) is 15.0. The van der Waals surface area contributed by atoms with Gasteiger partial charge in [0.15, 0.2) is 11.6 Å². The highest BCUT2D eigenvalue weighted by Gasteiger charge is 2.15. The van der Waals surface area contributed by atoms with Gasteiger partial charge in [0.05, 0.1) is 13.2 Å². The molecule has 1 aromatic rings. The average molecular weight is 283 g/mol. The first-order valence-corrected chi connectivity index (χ1v) is 7.19. The molecule has 20 heavy (non-hydrogen) atoms. The summed E-state index contributed by atoms with van der Waals surface area (Å²) >= 11 is 0. The lowest BCUT2D eigenvalue weighted by molar-refractivity contribution is 0.106. The van der Waals surface area contributed by atoms with E-state index in [1.165, 1.54) is 7.11 Å². The van der Waals surface area contributed by atoms with Crippen LogP contribution in [0.4, 0.5) is 4.39 Å². The minimum atomic E-state index is -0.252. The van der Waals surface area contributed by atoms with Gasteiger partial charge < -0.3 is 14.8 Å². The molecule has 0 radical (unpaired) electrons. The molecule has 0 aromatic heterocycles. The quantitative estimate of drug-likeness (QED) is 0.755. The topological polar surface area (TPSA) is 30.5 Å². The van der Waals surface area contributed by atoms with Crippen molar-refractivity contribution in [1.29, 1.82) is 0 Å². The molecule has 1 N–H and O–H groups in total. The number of rotatable bonds is 9. The van der Waals surface area contributed by atoms with Crippen molar-refractivity contribution < 1.29 is 13.9 Å². The van der Waals surface area contributed by atoms with Crippen LogP contribution in [0.15, 0.2) is 18.2 Å². The van der Waals surface area contributed by atoms with Crippen LogP contribution in [0.5, 0.6) is 5.75 Å². The van der Waals surface area contributed by atoms with Gasteiger partial charge in [-0.1, -0.05) is 19.1 Å². The summed E-state index contributed by atoms with van der Waals surface area (Å²) in [5.74, 6) is 0.0562. The van der Waals surface area contributed by atoms with E-state index in [0.29, 0.717) is 17.7 Å². The Bertz CT molecular complexity index is 398. The Morgan fingerprint density at radius 1 is 1.25 bits per heavy atom.